The number of nitrogens with zero attached hydrogens (tertiary/aromatic N) is 4. The molecule has 0 heterocycles. The van der Waals surface area contributed by atoms with Gasteiger partial charge in [-0.2, -0.15) is 0 Å². The molecule has 4 aliphatic carbocycles. The lowest BCUT2D eigenvalue weighted by Crippen LogP contribution is -2.42. The van der Waals surface area contributed by atoms with Gasteiger partial charge in [-0.05, 0) is 201 Å². The molecule has 0 N–H and O–H groups in total. The van der Waals surface area contributed by atoms with Crippen LogP contribution in [0.3, 0.4) is 0 Å². The molecular weight excluding hydrogens is 957 g/mol. The van der Waals surface area contributed by atoms with Gasteiger partial charge in [0.05, 0.1) is 11.5 Å². The van der Waals surface area contributed by atoms with E-state index in [2.05, 4.69) is 314 Å². The normalized spacial score (nSPS) is 18.9. The van der Waals surface area contributed by atoms with Crippen LogP contribution in [-0.2, 0) is 5.41 Å². The van der Waals surface area contributed by atoms with Gasteiger partial charge in [0.15, 0.2) is 0 Å². The predicted octanol–water partition coefficient (Wildman–Crippen LogP) is 20.3. The lowest BCUT2D eigenvalue weighted by molar-refractivity contribution is 0.332. The van der Waals surface area contributed by atoms with Gasteiger partial charge in [-0.25, -0.2) is 0 Å². The quantitative estimate of drug-likeness (QED) is 0.0665. The Hall–Kier alpha value is -8.86. The summed E-state index contributed by atoms with van der Waals surface area (Å²) < 4.78 is 0. The van der Waals surface area contributed by atoms with E-state index in [1.165, 1.54) is 61.8 Å². The second-order valence-corrected chi connectivity index (χ2v) is 21.2. The number of anilines is 8. The molecule has 0 amide bonds. The van der Waals surface area contributed by atoms with E-state index in [9.17, 15) is 0 Å². The molecule has 0 fully saturated rings. The van der Waals surface area contributed by atoms with Crippen LogP contribution in [-0.4, -0.2) is 6.04 Å². The molecule has 12 rings (SSSR count). The highest BCUT2D eigenvalue weighted by molar-refractivity contribution is 5.91. The van der Waals surface area contributed by atoms with E-state index in [4.69, 9.17) is 0 Å². The van der Waals surface area contributed by atoms with Crippen molar-refractivity contribution < 1.29 is 0 Å². The standard InChI is InChI=1S/C75H70N4/c1-5-9-29-55(7-3)76(57-31-17-11-18-32-57)63-43-47-67-69-49-45-65(78(59-35-21-13-22-36-59)60-37-23-14-24-38-60)53-73(69)75(71(67)51-63)72-52-64(77(56(8-4)30-10-6-2)58-33-19-12-20-34-58)44-48-68(72)70-50-46-66(54-74(70)75)79(61-39-25-15-26-40-61)62-41-27-16-28-42-62/h5,7-8,10,12-17,19-28,30-51,53-54,64,68,72H,1,6,9,11,18,29,52H2,2-4H3/b30-10-,55-7-,56-8+. The summed E-state index contributed by atoms with van der Waals surface area (Å²) in [7, 11) is 0. The Balaban J connectivity index is 1.17. The van der Waals surface area contributed by atoms with Gasteiger partial charge in [0.2, 0.25) is 0 Å². The first kappa shape index (κ1) is 50.9. The van der Waals surface area contributed by atoms with Crippen LogP contribution >= 0.6 is 0 Å². The fourth-order valence-corrected chi connectivity index (χ4v) is 13.4. The van der Waals surface area contributed by atoms with Crippen molar-refractivity contribution >= 4 is 45.5 Å². The Morgan fingerprint density at radius 2 is 1.08 bits per heavy atom. The minimum Gasteiger partial charge on any atom is -0.335 e. The van der Waals surface area contributed by atoms with E-state index in [1.54, 1.807) is 0 Å². The zero-order chi connectivity index (χ0) is 53.7. The molecule has 0 saturated carbocycles. The predicted molar refractivity (Wildman–Crippen MR) is 336 cm³/mol. The van der Waals surface area contributed by atoms with Gasteiger partial charge >= 0.3 is 0 Å². The highest BCUT2D eigenvalue weighted by Crippen LogP contribution is 2.68. The summed E-state index contributed by atoms with van der Waals surface area (Å²) in [6.07, 6.45) is 29.2. The van der Waals surface area contributed by atoms with Crippen molar-refractivity contribution in [3.8, 4) is 11.1 Å². The van der Waals surface area contributed by atoms with Crippen LogP contribution in [0.5, 0.6) is 0 Å². The maximum atomic E-state index is 4.18. The van der Waals surface area contributed by atoms with Crippen molar-refractivity contribution in [3.05, 3.63) is 313 Å². The van der Waals surface area contributed by atoms with Crippen LogP contribution in [0.15, 0.2) is 291 Å². The Labute approximate surface area is 469 Å². The summed E-state index contributed by atoms with van der Waals surface area (Å²) in [6, 6.07) is 77.0. The number of hydrogen-bond acceptors (Lipinski definition) is 4. The number of rotatable bonds is 17. The summed E-state index contributed by atoms with van der Waals surface area (Å²) in [4.78, 5) is 10.0. The van der Waals surface area contributed by atoms with Crippen LogP contribution in [0.2, 0.25) is 0 Å². The molecule has 0 radical (unpaired) electrons. The number of allylic oxidation sites excluding steroid dienone is 10. The van der Waals surface area contributed by atoms with Gasteiger partial charge in [0.1, 0.15) is 0 Å². The van der Waals surface area contributed by atoms with Crippen LogP contribution < -0.4 is 19.6 Å². The zero-order valence-electron chi connectivity index (χ0n) is 45.9. The minimum atomic E-state index is -0.606. The number of benzene rings is 8. The third-order valence-electron chi connectivity index (χ3n) is 16.7. The van der Waals surface area contributed by atoms with E-state index < -0.39 is 5.41 Å². The van der Waals surface area contributed by atoms with Crippen LogP contribution in [0, 0.1) is 5.92 Å². The molecule has 4 nitrogen and oxygen atoms in total. The van der Waals surface area contributed by atoms with Crippen LogP contribution in [0.1, 0.15) is 87.5 Å². The van der Waals surface area contributed by atoms with Gasteiger partial charge in [-0.1, -0.05) is 165 Å². The largest absolute Gasteiger partial charge is 0.335 e. The van der Waals surface area contributed by atoms with Crippen molar-refractivity contribution in [1.82, 2.24) is 0 Å². The Morgan fingerprint density at radius 3 is 1.58 bits per heavy atom. The number of fused-ring (bicyclic) bond motifs is 10. The zero-order valence-corrected chi connectivity index (χ0v) is 45.9. The average Bonchev–Trinajstić information content (AvgIpc) is 2.94. The second-order valence-electron chi connectivity index (χ2n) is 21.2. The first-order valence-electron chi connectivity index (χ1n) is 28.6. The summed E-state index contributed by atoms with van der Waals surface area (Å²) >= 11 is 0. The molecule has 390 valence electrons. The van der Waals surface area contributed by atoms with Crippen molar-refractivity contribution in [2.24, 2.45) is 5.92 Å². The van der Waals surface area contributed by atoms with Crippen LogP contribution in [0.4, 0.5) is 45.5 Å². The third-order valence-corrected chi connectivity index (χ3v) is 16.7. The molecule has 0 saturated heterocycles. The summed E-state index contributed by atoms with van der Waals surface area (Å²) in [5.74, 6) is 0.245. The van der Waals surface area contributed by atoms with Gasteiger partial charge in [0, 0.05) is 68.5 Å². The maximum absolute atomic E-state index is 4.18. The summed E-state index contributed by atoms with van der Waals surface area (Å²) in [6.45, 7) is 10.8. The van der Waals surface area contributed by atoms with Gasteiger partial charge < -0.3 is 19.6 Å². The molecule has 4 atom stereocenters. The maximum Gasteiger partial charge on any atom is 0.0525 e. The van der Waals surface area contributed by atoms with Gasteiger partial charge in [-0.15, -0.1) is 6.58 Å². The topological polar surface area (TPSA) is 13.0 Å². The van der Waals surface area contributed by atoms with Crippen molar-refractivity contribution in [2.75, 3.05) is 19.6 Å². The Bertz CT molecular complexity index is 3570. The van der Waals surface area contributed by atoms with E-state index in [0.717, 1.165) is 72.6 Å². The molecule has 8 aromatic rings. The van der Waals surface area contributed by atoms with Crippen LogP contribution in [0.25, 0.3) is 11.1 Å². The molecule has 8 aromatic carbocycles. The lowest BCUT2D eigenvalue weighted by Gasteiger charge is -2.44. The summed E-state index contributed by atoms with van der Waals surface area (Å²) in [5.41, 5.74) is 20.3. The summed E-state index contributed by atoms with van der Waals surface area (Å²) in [5, 5.41) is 0. The molecule has 0 aliphatic heterocycles. The van der Waals surface area contributed by atoms with Gasteiger partial charge in [0.25, 0.3) is 0 Å². The monoisotopic (exact) mass is 1030 g/mol. The highest BCUT2D eigenvalue weighted by Gasteiger charge is 2.59. The fraction of sp³-hybridized carbons (Fsp3) is 0.173. The van der Waals surface area contributed by atoms with E-state index in [0.29, 0.717) is 0 Å². The Morgan fingerprint density at radius 1 is 0.557 bits per heavy atom. The Kier molecular flexibility index (Phi) is 14.6. The smallest absolute Gasteiger partial charge is 0.0525 e. The lowest BCUT2D eigenvalue weighted by atomic mass is 9.63. The first-order valence-corrected chi connectivity index (χ1v) is 28.6. The van der Waals surface area contributed by atoms with E-state index in [1.807, 2.05) is 0 Å². The first-order chi connectivity index (χ1) is 39.0. The van der Waals surface area contributed by atoms with Crippen molar-refractivity contribution in [3.63, 3.8) is 0 Å². The molecule has 4 aliphatic rings. The number of para-hydroxylation sites is 5. The number of hydrogen-bond donors (Lipinski definition) is 0. The SMILES string of the molecule is C=CCC/C(=C/C)N(C1=CCCC=C1)c1ccc2c(c1)C1(c3cc(N(c4ccccc4)c4ccccc4)ccc3-2)c2cc(N(c3ccccc3)c3ccccc3)ccc2C2C=CC(N(C(/C=C\CC)=C/C)c3ccccc3)CC21. The molecule has 1 spiro atoms. The molecular formula is C75H70N4. The molecule has 4 unspecified atom stereocenters. The van der Waals surface area contributed by atoms with Crippen molar-refractivity contribution in [2.45, 2.75) is 76.7 Å². The molecule has 0 bridgehead atoms. The highest BCUT2D eigenvalue weighted by atomic mass is 15.2. The minimum absolute atomic E-state index is 0.0544. The average molecular weight is 1030 g/mol. The van der Waals surface area contributed by atoms with E-state index in [-0.39, 0.29) is 17.9 Å². The molecule has 4 heteroatoms. The second kappa shape index (κ2) is 22.6. The molecule has 79 heavy (non-hydrogen) atoms. The molecule has 0 aromatic heterocycles. The van der Waals surface area contributed by atoms with Gasteiger partial charge in [-0.3, -0.25) is 0 Å². The fourth-order valence-electron chi connectivity index (χ4n) is 13.4. The van der Waals surface area contributed by atoms with Crippen molar-refractivity contribution in [1.29, 1.82) is 0 Å². The third kappa shape index (κ3) is 9.29. The van der Waals surface area contributed by atoms with E-state index >= 15 is 0 Å².